The van der Waals surface area contributed by atoms with Crippen molar-refractivity contribution in [2.75, 3.05) is 5.73 Å². The number of hydrogen-bond acceptors (Lipinski definition) is 4. The molecule has 0 bridgehead atoms. The summed E-state index contributed by atoms with van der Waals surface area (Å²) in [6.45, 7) is 5.25. The minimum Gasteiger partial charge on any atom is -0.398 e. The lowest BCUT2D eigenvalue weighted by Gasteiger charge is -2.26. The van der Waals surface area contributed by atoms with Gasteiger partial charge >= 0.3 is 0 Å². The number of nitrogens with zero attached hydrogens (tertiary/aromatic N) is 4. The van der Waals surface area contributed by atoms with Crippen molar-refractivity contribution in [3.05, 3.63) is 23.8 Å². The molecule has 0 saturated heterocycles. The third-order valence-corrected chi connectivity index (χ3v) is 4.55. The van der Waals surface area contributed by atoms with Crippen LogP contribution < -0.4 is 5.73 Å². The van der Waals surface area contributed by atoms with E-state index in [9.17, 15) is 0 Å². The Morgan fingerprint density at radius 3 is 2.95 bits per heavy atom. The lowest BCUT2D eigenvalue weighted by molar-refractivity contribution is 0.249. The molecule has 1 saturated carbocycles. The number of nitrogen functional groups attached to an aromatic ring is 1. The average Bonchev–Trinajstić information content (AvgIpc) is 2.90. The minimum atomic E-state index is 0.679. The van der Waals surface area contributed by atoms with Gasteiger partial charge in [-0.2, -0.15) is 0 Å². The fourth-order valence-electron chi connectivity index (χ4n) is 3.28. The second kappa shape index (κ2) is 5.84. The molecule has 21 heavy (non-hydrogen) atoms. The molecule has 2 atom stereocenters. The summed E-state index contributed by atoms with van der Waals surface area (Å²) in [5, 5.41) is 12.2. The number of nitrogens with two attached hydrogens (primary N) is 1. The first-order valence-corrected chi connectivity index (χ1v) is 7.76. The van der Waals surface area contributed by atoms with Crippen molar-refractivity contribution < 1.29 is 0 Å². The molecule has 3 rings (SSSR count). The number of rotatable bonds is 3. The first kappa shape index (κ1) is 14.0. The molecule has 1 aromatic heterocycles. The number of aryl methyl sites for hydroxylation is 1. The SMILES string of the molecule is Cc1ccc(-c2nnnn2CC2CCCC(C)C2)cc1N. The van der Waals surface area contributed by atoms with Gasteiger partial charge in [0.25, 0.3) is 0 Å². The van der Waals surface area contributed by atoms with Crippen molar-refractivity contribution in [2.24, 2.45) is 11.8 Å². The van der Waals surface area contributed by atoms with Gasteiger partial charge in [0.1, 0.15) is 0 Å². The second-order valence-corrected chi connectivity index (χ2v) is 6.39. The summed E-state index contributed by atoms with van der Waals surface area (Å²) in [7, 11) is 0. The summed E-state index contributed by atoms with van der Waals surface area (Å²) in [5.41, 5.74) is 8.86. The van der Waals surface area contributed by atoms with Crippen LogP contribution in [0.15, 0.2) is 18.2 Å². The summed E-state index contributed by atoms with van der Waals surface area (Å²) in [6, 6.07) is 6.02. The molecule has 2 unspecified atom stereocenters. The van der Waals surface area contributed by atoms with Crippen LogP contribution in [-0.4, -0.2) is 20.2 Å². The summed E-state index contributed by atoms with van der Waals surface area (Å²) >= 11 is 0. The number of aromatic nitrogens is 4. The Hall–Kier alpha value is -1.91. The number of benzene rings is 1. The molecule has 112 valence electrons. The minimum absolute atomic E-state index is 0.679. The van der Waals surface area contributed by atoms with Crippen LogP contribution in [0.3, 0.4) is 0 Å². The van der Waals surface area contributed by atoms with Crippen molar-refractivity contribution in [2.45, 2.75) is 46.1 Å². The van der Waals surface area contributed by atoms with Crippen LogP contribution in [0.1, 0.15) is 38.2 Å². The smallest absolute Gasteiger partial charge is 0.182 e. The molecule has 5 nitrogen and oxygen atoms in total. The van der Waals surface area contributed by atoms with Crippen molar-refractivity contribution in [1.29, 1.82) is 0 Å². The van der Waals surface area contributed by atoms with Crippen LogP contribution >= 0.6 is 0 Å². The summed E-state index contributed by atoms with van der Waals surface area (Å²) in [5.74, 6) is 2.32. The lowest BCUT2D eigenvalue weighted by atomic mass is 9.82. The maximum Gasteiger partial charge on any atom is 0.182 e. The quantitative estimate of drug-likeness (QED) is 0.880. The van der Waals surface area contributed by atoms with E-state index in [-0.39, 0.29) is 0 Å². The van der Waals surface area contributed by atoms with Crippen LogP contribution in [0.4, 0.5) is 5.69 Å². The lowest BCUT2D eigenvalue weighted by Crippen LogP contribution is -2.19. The molecule has 1 aliphatic rings. The Kier molecular flexibility index (Phi) is 3.90. The van der Waals surface area contributed by atoms with Crippen LogP contribution in [-0.2, 0) is 6.54 Å². The molecule has 1 aromatic carbocycles. The highest BCUT2D eigenvalue weighted by Crippen LogP contribution is 2.30. The number of hydrogen-bond donors (Lipinski definition) is 1. The third-order valence-electron chi connectivity index (χ3n) is 4.55. The zero-order valence-electron chi connectivity index (χ0n) is 12.8. The molecular weight excluding hydrogens is 262 g/mol. The second-order valence-electron chi connectivity index (χ2n) is 6.39. The zero-order chi connectivity index (χ0) is 14.8. The van der Waals surface area contributed by atoms with E-state index >= 15 is 0 Å². The van der Waals surface area contributed by atoms with E-state index < -0.39 is 0 Å². The topological polar surface area (TPSA) is 69.6 Å². The molecule has 0 aliphatic heterocycles. The summed E-state index contributed by atoms with van der Waals surface area (Å²) < 4.78 is 1.94. The Balaban J connectivity index is 1.81. The van der Waals surface area contributed by atoms with Gasteiger partial charge in [-0.05, 0) is 53.7 Å². The predicted octanol–water partition coefficient (Wildman–Crippen LogP) is 3.06. The van der Waals surface area contributed by atoms with Gasteiger partial charge in [-0.15, -0.1) is 5.10 Å². The molecule has 1 fully saturated rings. The largest absolute Gasteiger partial charge is 0.398 e. The molecule has 1 aliphatic carbocycles. The van der Waals surface area contributed by atoms with E-state index in [1.165, 1.54) is 25.7 Å². The molecule has 0 radical (unpaired) electrons. The van der Waals surface area contributed by atoms with Gasteiger partial charge in [-0.1, -0.05) is 31.9 Å². The van der Waals surface area contributed by atoms with Crippen LogP contribution in [0.2, 0.25) is 0 Å². The van der Waals surface area contributed by atoms with E-state index in [0.29, 0.717) is 5.92 Å². The monoisotopic (exact) mass is 285 g/mol. The molecule has 1 heterocycles. The highest BCUT2D eigenvalue weighted by molar-refractivity contribution is 5.63. The molecule has 0 amide bonds. The van der Waals surface area contributed by atoms with E-state index in [1.54, 1.807) is 0 Å². The molecule has 2 N–H and O–H groups in total. The predicted molar refractivity (Wildman–Crippen MR) is 83.5 cm³/mol. The van der Waals surface area contributed by atoms with Gasteiger partial charge in [-0.3, -0.25) is 0 Å². The van der Waals surface area contributed by atoms with Crippen molar-refractivity contribution in [3.8, 4) is 11.4 Å². The zero-order valence-corrected chi connectivity index (χ0v) is 12.8. The maximum absolute atomic E-state index is 6.00. The Labute approximate surface area is 125 Å². The highest BCUT2D eigenvalue weighted by Gasteiger charge is 2.21. The average molecular weight is 285 g/mol. The van der Waals surface area contributed by atoms with Gasteiger partial charge in [0.05, 0.1) is 0 Å². The maximum atomic E-state index is 6.00. The van der Waals surface area contributed by atoms with E-state index in [4.69, 9.17) is 5.73 Å². The summed E-state index contributed by atoms with van der Waals surface area (Å²) in [4.78, 5) is 0. The van der Waals surface area contributed by atoms with Crippen molar-refractivity contribution in [1.82, 2.24) is 20.2 Å². The van der Waals surface area contributed by atoms with E-state index in [2.05, 4.69) is 22.4 Å². The third kappa shape index (κ3) is 3.06. The van der Waals surface area contributed by atoms with Gasteiger partial charge < -0.3 is 5.73 Å². The van der Waals surface area contributed by atoms with E-state index in [1.807, 2.05) is 29.8 Å². The Morgan fingerprint density at radius 2 is 2.19 bits per heavy atom. The van der Waals surface area contributed by atoms with Gasteiger partial charge in [0.15, 0.2) is 5.82 Å². The Bertz CT molecular complexity index is 619. The standard InChI is InChI=1S/C16H23N5/c1-11-4-3-5-13(8-11)10-21-16(18-19-20-21)14-7-6-12(2)15(17)9-14/h6-7,9,11,13H,3-5,8,10,17H2,1-2H3. The fourth-order valence-corrected chi connectivity index (χ4v) is 3.28. The number of anilines is 1. The van der Waals surface area contributed by atoms with Gasteiger partial charge in [0.2, 0.25) is 0 Å². The van der Waals surface area contributed by atoms with Gasteiger partial charge in [-0.25, -0.2) is 4.68 Å². The fraction of sp³-hybridized carbons (Fsp3) is 0.562. The van der Waals surface area contributed by atoms with Crippen LogP contribution in [0, 0.1) is 18.8 Å². The molecule has 0 spiro atoms. The normalized spacial score (nSPS) is 22.4. The summed E-state index contributed by atoms with van der Waals surface area (Å²) in [6.07, 6.45) is 5.23. The van der Waals surface area contributed by atoms with Crippen LogP contribution in [0.25, 0.3) is 11.4 Å². The molecular formula is C16H23N5. The van der Waals surface area contributed by atoms with Crippen LogP contribution in [0.5, 0.6) is 0 Å². The highest BCUT2D eigenvalue weighted by atomic mass is 15.5. The molecule has 2 aromatic rings. The van der Waals surface area contributed by atoms with Crippen molar-refractivity contribution >= 4 is 5.69 Å². The first-order chi connectivity index (χ1) is 10.1. The van der Waals surface area contributed by atoms with Crippen molar-refractivity contribution in [3.63, 3.8) is 0 Å². The Morgan fingerprint density at radius 1 is 1.33 bits per heavy atom. The number of tetrazole rings is 1. The molecule has 5 heteroatoms. The van der Waals surface area contributed by atoms with Gasteiger partial charge in [0, 0.05) is 17.8 Å². The first-order valence-electron chi connectivity index (χ1n) is 7.76. The van der Waals surface area contributed by atoms with E-state index in [0.717, 1.165) is 35.1 Å².